The van der Waals surface area contributed by atoms with Gasteiger partial charge in [0.25, 0.3) is 0 Å². The van der Waals surface area contributed by atoms with Gasteiger partial charge in [0.05, 0.1) is 12.9 Å². The lowest BCUT2D eigenvalue weighted by Crippen LogP contribution is -2.33. The van der Waals surface area contributed by atoms with Crippen LogP contribution in [0.5, 0.6) is 11.5 Å². The molecule has 0 spiro atoms. The van der Waals surface area contributed by atoms with Crippen molar-refractivity contribution in [2.24, 2.45) is 0 Å². The predicted octanol–water partition coefficient (Wildman–Crippen LogP) is 4.57. The molecule has 0 bridgehead atoms. The minimum absolute atomic E-state index is 0.0357. The fourth-order valence-corrected chi connectivity index (χ4v) is 4.61. The van der Waals surface area contributed by atoms with Gasteiger partial charge >= 0.3 is 0 Å². The van der Waals surface area contributed by atoms with Crippen molar-refractivity contribution in [2.45, 2.75) is 49.9 Å². The van der Waals surface area contributed by atoms with Gasteiger partial charge in [-0.3, -0.25) is 9.36 Å². The number of methoxy groups -OCH3 is 1. The highest BCUT2D eigenvalue weighted by molar-refractivity contribution is 7.99. The average Bonchev–Trinajstić information content (AvgIpc) is 3.48. The Bertz CT molecular complexity index is 1020. The summed E-state index contributed by atoms with van der Waals surface area (Å²) >= 11 is 1.39. The molecule has 1 amide bonds. The lowest BCUT2D eigenvalue weighted by Gasteiger charge is -2.17. The number of thioether (sulfide) groups is 1. The van der Waals surface area contributed by atoms with E-state index in [4.69, 9.17) is 9.47 Å². The number of carbonyl (C=O) groups excluding carboxylic acids is 1. The molecule has 32 heavy (non-hydrogen) atoms. The molecule has 1 unspecified atom stereocenters. The zero-order valence-electron chi connectivity index (χ0n) is 18.4. The summed E-state index contributed by atoms with van der Waals surface area (Å²) in [5.74, 6) is 2.49. The lowest BCUT2D eigenvalue weighted by molar-refractivity contribution is -0.119. The van der Waals surface area contributed by atoms with Gasteiger partial charge in [0.15, 0.2) is 17.1 Å². The van der Waals surface area contributed by atoms with Gasteiger partial charge in [-0.25, -0.2) is 0 Å². The first-order valence-corrected chi connectivity index (χ1v) is 11.9. The zero-order valence-corrected chi connectivity index (χ0v) is 19.2. The number of ether oxygens (including phenoxy) is 2. The minimum Gasteiger partial charge on any atom is -0.497 e. The maximum absolute atomic E-state index is 12.4. The summed E-state index contributed by atoms with van der Waals surface area (Å²) in [5, 5.41) is 12.6. The Morgan fingerprint density at radius 2 is 1.78 bits per heavy atom. The van der Waals surface area contributed by atoms with Gasteiger partial charge in [-0.05, 0) is 56.2 Å². The van der Waals surface area contributed by atoms with Gasteiger partial charge in [-0.15, -0.1) is 10.2 Å². The van der Waals surface area contributed by atoms with E-state index in [9.17, 15) is 4.79 Å². The van der Waals surface area contributed by atoms with E-state index in [0.717, 1.165) is 24.3 Å². The van der Waals surface area contributed by atoms with Crippen LogP contribution in [-0.4, -0.2) is 39.6 Å². The number of rotatable bonds is 9. The van der Waals surface area contributed by atoms with Crippen molar-refractivity contribution in [3.05, 3.63) is 60.4 Å². The van der Waals surface area contributed by atoms with E-state index >= 15 is 0 Å². The van der Waals surface area contributed by atoms with Crippen molar-refractivity contribution in [3.63, 3.8) is 0 Å². The van der Waals surface area contributed by atoms with Crippen molar-refractivity contribution >= 4 is 17.7 Å². The molecule has 0 saturated heterocycles. The number of nitrogens with one attached hydrogen (secondary N) is 1. The summed E-state index contributed by atoms with van der Waals surface area (Å²) in [4.78, 5) is 12.4. The molecule has 1 N–H and O–H groups in total. The van der Waals surface area contributed by atoms with E-state index in [1.807, 2.05) is 66.1 Å². The molecule has 1 aliphatic rings. The Morgan fingerprint density at radius 3 is 2.47 bits per heavy atom. The predicted molar refractivity (Wildman–Crippen MR) is 125 cm³/mol. The zero-order chi connectivity index (χ0) is 22.3. The fourth-order valence-electron chi connectivity index (χ4n) is 3.84. The Balaban J connectivity index is 1.51. The molecule has 1 aromatic heterocycles. The molecule has 2 aromatic carbocycles. The second-order valence-corrected chi connectivity index (χ2v) is 8.73. The largest absolute Gasteiger partial charge is 0.497 e. The van der Waals surface area contributed by atoms with E-state index in [0.29, 0.717) is 28.5 Å². The van der Waals surface area contributed by atoms with Gasteiger partial charge in [0.1, 0.15) is 11.5 Å². The Kier molecular flexibility index (Phi) is 7.32. The molecule has 1 atom stereocenters. The SMILES string of the molecule is COc1ccc(OC(C)c2nnc(SCC(=O)NC3CCCC3)n2-c2ccccc2)cc1. The molecule has 4 rings (SSSR count). The maximum Gasteiger partial charge on any atom is 0.230 e. The lowest BCUT2D eigenvalue weighted by atomic mass is 10.2. The fraction of sp³-hybridized carbons (Fsp3) is 0.375. The molecule has 1 saturated carbocycles. The highest BCUT2D eigenvalue weighted by Crippen LogP contribution is 2.28. The van der Waals surface area contributed by atoms with Gasteiger partial charge < -0.3 is 14.8 Å². The Morgan fingerprint density at radius 1 is 1.09 bits per heavy atom. The van der Waals surface area contributed by atoms with Crippen molar-refractivity contribution < 1.29 is 14.3 Å². The van der Waals surface area contributed by atoms with Crippen molar-refractivity contribution in [1.82, 2.24) is 20.1 Å². The summed E-state index contributed by atoms with van der Waals surface area (Å²) in [6.07, 6.45) is 4.17. The topological polar surface area (TPSA) is 78.3 Å². The highest BCUT2D eigenvalue weighted by atomic mass is 32.2. The van der Waals surface area contributed by atoms with Crippen LogP contribution in [-0.2, 0) is 4.79 Å². The summed E-state index contributed by atoms with van der Waals surface area (Å²) in [6, 6.07) is 17.6. The molecule has 1 fully saturated rings. The molecule has 3 aromatic rings. The Hall–Kier alpha value is -3.00. The number of hydrogen-bond acceptors (Lipinski definition) is 6. The smallest absolute Gasteiger partial charge is 0.230 e. The van der Waals surface area contributed by atoms with Crippen molar-refractivity contribution in [1.29, 1.82) is 0 Å². The van der Waals surface area contributed by atoms with E-state index in [2.05, 4.69) is 15.5 Å². The van der Waals surface area contributed by atoms with Crippen LogP contribution >= 0.6 is 11.8 Å². The third kappa shape index (κ3) is 5.43. The summed E-state index contributed by atoms with van der Waals surface area (Å²) < 4.78 is 13.3. The van der Waals surface area contributed by atoms with E-state index in [1.54, 1.807) is 7.11 Å². The molecule has 1 heterocycles. The van der Waals surface area contributed by atoms with Crippen LogP contribution < -0.4 is 14.8 Å². The van der Waals surface area contributed by atoms with Gasteiger partial charge in [-0.2, -0.15) is 0 Å². The number of nitrogens with zero attached hydrogens (tertiary/aromatic N) is 3. The Labute approximate surface area is 192 Å². The third-order valence-electron chi connectivity index (χ3n) is 5.46. The molecule has 0 aliphatic heterocycles. The summed E-state index contributed by atoms with van der Waals surface area (Å²) in [5.41, 5.74) is 0.927. The van der Waals surface area contributed by atoms with Gasteiger partial charge in [0, 0.05) is 11.7 Å². The summed E-state index contributed by atoms with van der Waals surface area (Å²) in [6.45, 7) is 1.94. The first-order chi connectivity index (χ1) is 15.6. The van der Waals surface area contributed by atoms with E-state index in [1.165, 1.54) is 24.6 Å². The molecule has 8 heteroatoms. The van der Waals surface area contributed by atoms with Crippen molar-refractivity contribution in [2.75, 3.05) is 12.9 Å². The first-order valence-electron chi connectivity index (χ1n) is 10.9. The number of aromatic nitrogens is 3. The minimum atomic E-state index is -0.349. The second-order valence-electron chi connectivity index (χ2n) is 7.78. The molecule has 0 radical (unpaired) electrons. The first kappa shape index (κ1) is 22.2. The van der Waals surface area contributed by atoms with Crippen LogP contribution in [0.4, 0.5) is 0 Å². The molecule has 7 nitrogen and oxygen atoms in total. The average molecular weight is 453 g/mol. The molecule has 168 valence electrons. The molecule has 1 aliphatic carbocycles. The van der Waals surface area contributed by atoms with Gasteiger partial charge in [0.2, 0.25) is 5.91 Å². The molecular weight excluding hydrogens is 424 g/mol. The van der Waals surface area contributed by atoms with E-state index in [-0.39, 0.29) is 12.0 Å². The maximum atomic E-state index is 12.4. The number of para-hydroxylation sites is 1. The van der Waals surface area contributed by atoms with Crippen LogP contribution in [0.2, 0.25) is 0 Å². The molecular formula is C24H28N4O3S. The quantitative estimate of drug-likeness (QED) is 0.479. The number of hydrogen-bond donors (Lipinski definition) is 1. The summed E-state index contributed by atoms with van der Waals surface area (Å²) in [7, 11) is 1.63. The van der Waals surface area contributed by atoms with Crippen LogP contribution in [0.25, 0.3) is 5.69 Å². The monoisotopic (exact) mass is 452 g/mol. The second kappa shape index (κ2) is 10.5. The number of amides is 1. The standard InChI is InChI=1S/C24H28N4O3S/c1-17(31-21-14-12-20(30-2)13-15-21)23-26-27-24(28(23)19-10-4-3-5-11-19)32-16-22(29)25-18-8-6-7-9-18/h3-5,10-15,17-18H,6-9,16H2,1-2H3,(H,25,29). The van der Waals surface area contributed by atoms with Crippen molar-refractivity contribution in [3.8, 4) is 17.2 Å². The normalized spacial score (nSPS) is 14.8. The van der Waals surface area contributed by atoms with Crippen LogP contribution in [0, 0.1) is 0 Å². The van der Waals surface area contributed by atoms with Crippen LogP contribution in [0.1, 0.15) is 44.5 Å². The third-order valence-corrected chi connectivity index (χ3v) is 6.39. The van der Waals surface area contributed by atoms with E-state index < -0.39 is 0 Å². The van der Waals surface area contributed by atoms with Crippen LogP contribution in [0.15, 0.2) is 59.8 Å². The number of benzene rings is 2. The number of carbonyl (C=O) groups is 1. The highest BCUT2D eigenvalue weighted by Gasteiger charge is 2.22. The van der Waals surface area contributed by atoms with Crippen LogP contribution in [0.3, 0.4) is 0 Å². The van der Waals surface area contributed by atoms with Gasteiger partial charge in [-0.1, -0.05) is 42.8 Å².